The van der Waals surface area contributed by atoms with E-state index in [9.17, 15) is 14.7 Å². The van der Waals surface area contributed by atoms with E-state index in [4.69, 9.17) is 17.0 Å². The van der Waals surface area contributed by atoms with Gasteiger partial charge in [-0.1, -0.05) is 31.0 Å². The van der Waals surface area contributed by atoms with Crippen LogP contribution < -0.4 is 10.6 Å². The lowest BCUT2D eigenvalue weighted by atomic mass is 9.88. The van der Waals surface area contributed by atoms with Crippen LogP contribution in [0.3, 0.4) is 0 Å². The van der Waals surface area contributed by atoms with Crippen LogP contribution in [0.25, 0.3) is 0 Å². The second-order valence-corrected chi connectivity index (χ2v) is 8.66. The SMILES string of the molecule is O=C(NC(=S)Nc1sc2c(c1C(=O)O)CC1(CCCC1)OC2)c1ccccc1. The molecule has 1 aliphatic carbocycles. The van der Waals surface area contributed by atoms with E-state index in [-0.39, 0.29) is 22.2 Å². The molecule has 0 radical (unpaired) electrons. The van der Waals surface area contributed by atoms with Crippen LogP contribution in [0.15, 0.2) is 30.3 Å². The molecule has 3 N–H and O–H groups in total. The van der Waals surface area contributed by atoms with E-state index in [2.05, 4.69) is 10.6 Å². The Morgan fingerprint density at radius 2 is 1.89 bits per heavy atom. The van der Waals surface area contributed by atoms with Gasteiger partial charge in [0.25, 0.3) is 5.91 Å². The minimum absolute atomic E-state index is 0.0754. The minimum atomic E-state index is -0.993. The number of fused-ring (bicyclic) bond motifs is 1. The van der Waals surface area contributed by atoms with Gasteiger partial charge in [0.15, 0.2) is 5.11 Å². The fraction of sp³-hybridized carbons (Fsp3) is 0.350. The lowest BCUT2D eigenvalue weighted by Gasteiger charge is -2.33. The van der Waals surface area contributed by atoms with Crippen LogP contribution in [-0.2, 0) is 17.8 Å². The van der Waals surface area contributed by atoms with Crippen molar-refractivity contribution >= 4 is 45.5 Å². The predicted molar refractivity (Wildman–Crippen MR) is 111 cm³/mol. The second-order valence-electron chi connectivity index (χ2n) is 7.14. The number of hydrogen-bond donors (Lipinski definition) is 3. The average molecular weight is 417 g/mol. The predicted octanol–water partition coefficient (Wildman–Crippen LogP) is 3.96. The molecule has 0 saturated heterocycles. The van der Waals surface area contributed by atoms with Gasteiger partial charge in [0.2, 0.25) is 0 Å². The zero-order valence-electron chi connectivity index (χ0n) is 15.1. The van der Waals surface area contributed by atoms with Gasteiger partial charge in [-0.05, 0) is 42.8 Å². The molecule has 4 rings (SSSR count). The number of aromatic carboxylic acids is 1. The van der Waals surface area contributed by atoms with Crippen LogP contribution in [0.1, 0.15) is 56.8 Å². The highest BCUT2D eigenvalue weighted by molar-refractivity contribution is 7.80. The summed E-state index contributed by atoms with van der Waals surface area (Å²) in [6.07, 6.45) is 4.78. The zero-order valence-corrected chi connectivity index (χ0v) is 16.8. The Morgan fingerprint density at radius 1 is 1.18 bits per heavy atom. The van der Waals surface area contributed by atoms with E-state index in [0.717, 1.165) is 36.1 Å². The van der Waals surface area contributed by atoms with Crippen molar-refractivity contribution < 1.29 is 19.4 Å². The number of rotatable bonds is 3. The monoisotopic (exact) mass is 416 g/mol. The summed E-state index contributed by atoms with van der Waals surface area (Å²) in [5.41, 5.74) is 1.33. The molecule has 28 heavy (non-hydrogen) atoms. The lowest BCUT2D eigenvalue weighted by Crippen LogP contribution is -2.35. The van der Waals surface area contributed by atoms with Gasteiger partial charge in [-0.3, -0.25) is 10.1 Å². The van der Waals surface area contributed by atoms with Crippen LogP contribution in [0.4, 0.5) is 5.00 Å². The Labute approximate surface area is 171 Å². The molecule has 1 aromatic heterocycles. The third kappa shape index (κ3) is 3.67. The lowest BCUT2D eigenvalue weighted by molar-refractivity contribution is -0.0608. The summed E-state index contributed by atoms with van der Waals surface area (Å²) in [6.45, 7) is 0.422. The van der Waals surface area contributed by atoms with Crippen LogP contribution in [0.2, 0.25) is 0 Å². The van der Waals surface area contributed by atoms with E-state index < -0.39 is 5.97 Å². The molecular formula is C20H20N2O4S2. The Kier molecular flexibility index (Phi) is 5.18. The fourth-order valence-corrected chi connectivity index (χ4v) is 5.35. The number of nitrogens with one attached hydrogen (secondary N) is 2. The molecule has 2 aliphatic rings. The van der Waals surface area contributed by atoms with Crippen LogP contribution in [0, 0.1) is 0 Å². The number of amides is 1. The van der Waals surface area contributed by atoms with Crippen molar-refractivity contribution in [1.82, 2.24) is 5.32 Å². The molecule has 1 fully saturated rings. The van der Waals surface area contributed by atoms with E-state index >= 15 is 0 Å². The van der Waals surface area contributed by atoms with Gasteiger partial charge in [0.1, 0.15) is 5.00 Å². The molecule has 146 valence electrons. The highest BCUT2D eigenvalue weighted by Crippen LogP contribution is 2.46. The molecule has 2 heterocycles. The summed E-state index contributed by atoms with van der Waals surface area (Å²) in [7, 11) is 0. The third-order valence-electron chi connectivity index (χ3n) is 5.32. The number of ether oxygens (including phenoxy) is 1. The summed E-state index contributed by atoms with van der Waals surface area (Å²) in [5.74, 6) is -1.34. The van der Waals surface area contributed by atoms with Crippen molar-refractivity contribution in [2.24, 2.45) is 0 Å². The Morgan fingerprint density at radius 3 is 2.57 bits per heavy atom. The first-order chi connectivity index (χ1) is 13.5. The van der Waals surface area contributed by atoms with E-state index in [1.54, 1.807) is 24.3 Å². The standard InChI is InChI=1S/C20H20N2O4S2/c23-16(12-6-2-1-3-7-12)21-19(27)22-17-15(18(24)25)13-10-20(8-4-5-9-20)26-11-14(13)28-17/h1-3,6-7H,4-5,8-11H2,(H,24,25)(H2,21,22,23,27). The first-order valence-corrected chi connectivity index (χ1v) is 10.4. The molecule has 1 aliphatic heterocycles. The van der Waals surface area contributed by atoms with Gasteiger partial charge >= 0.3 is 5.97 Å². The van der Waals surface area contributed by atoms with Gasteiger partial charge in [-0.15, -0.1) is 11.3 Å². The Bertz CT molecular complexity index is 933. The van der Waals surface area contributed by atoms with Gasteiger partial charge in [-0.25, -0.2) is 4.79 Å². The molecule has 6 nitrogen and oxygen atoms in total. The average Bonchev–Trinajstić information content (AvgIpc) is 3.26. The Hall–Kier alpha value is -2.29. The van der Waals surface area contributed by atoms with E-state index in [1.807, 2.05) is 6.07 Å². The molecule has 1 amide bonds. The Balaban J connectivity index is 1.54. The van der Waals surface area contributed by atoms with Crippen LogP contribution in [-0.4, -0.2) is 27.7 Å². The van der Waals surface area contributed by atoms with Gasteiger partial charge in [0, 0.05) is 16.9 Å². The maximum absolute atomic E-state index is 12.3. The molecule has 1 spiro atoms. The van der Waals surface area contributed by atoms with Crippen molar-refractivity contribution in [2.45, 2.75) is 44.3 Å². The molecule has 0 atom stereocenters. The second kappa shape index (κ2) is 7.62. The van der Waals surface area contributed by atoms with Crippen molar-refractivity contribution in [3.8, 4) is 0 Å². The van der Waals surface area contributed by atoms with Crippen LogP contribution in [0.5, 0.6) is 0 Å². The number of carbonyl (C=O) groups is 2. The number of carboxylic acid groups (broad SMARTS) is 1. The quantitative estimate of drug-likeness (QED) is 0.657. The number of carbonyl (C=O) groups excluding carboxylic acids is 1. The minimum Gasteiger partial charge on any atom is -0.478 e. The normalized spacial score (nSPS) is 17.1. The largest absolute Gasteiger partial charge is 0.478 e. The third-order valence-corrected chi connectivity index (χ3v) is 6.64. The van der Waals surface area contributed by atoms with Crippen LogP contribution >= 0.6 is 23.6 Å². The summed E-state index contributed by atoms with van der Waals surface area (Å²) >= 11 is 6.57. The van der Waals surface area contributed by atoms with Crippen molar-refractivity contribution in [2.75, 3.05) is 5.32 Å². The molecule has 2 aromatic rings. The number of thiocarbonyl (C=S) groups is 1. The summed E-state index contributed by atoms with van der Waals surface area (Å²) < 4.78 is 6.12. The molecule has 1 aromatic carbocycles. The number of hydrogen-bond acceptors (Lipinski definition) is 5. The molecule has 0 unspecified atom stereocenters. The van der Waals surface area contributed by atoms with Gasteiger partial charge < -0.3 is 15.2 Å². The first kappa shape index (κ1) is 19.0. The van der Waals surface area contributed by atoms with Crippen molar-refractivity contribution in [3.05, 3.63) is 51.9 Å². The molecule has 8 heteroatoms. The maximum Gasteiger partial charge on any atom is 0.339 e. The summed E-state index contributed by atoms with van der Waals surface area (Å²) in [4.78, 5) is 25.1. The topological polar surface area (TPSA) is 87.7 Å². The molecular weight excluding hydrogens is 396 g/mol. The number of benzene rings is 1. The van der Waals surface area contributed by atoms with Gasteiger partial charge in [-0.2, -0.15) is 0 Å². The number of thiophene rings is 1. The molecule has 1 saturated carbocycles. The molecule has 0 bridgehead atoms. The summed E-state index contributed by atoms with van der Waals surface area (Å²) in [6, 6.07) is 8.72. The zero-order chi connectivity index (χ0) is 19.7. The fourth-order valence-electron chi connectivity index (χ4n) is 3.96. The smallest absolute Gasteiger partial charge is 0.339 e. The van der Waals surface area contributed by atoms with E-state index in [1.165, 1.54) is 11.3 Å². The van der Waals surface area contributed by atoms with Gasteiger partial charge in [0.05, 0.1) is 17.8 Å². The number of anilines is 1. The van der Waals surface area contributed by atoms with E-state index in [0.29, 0.717) is 23.6 Å². The highest BCUT2D eigenvalue weighted by atomic mass is 32.1. The van der Waals surface area contributed by atoms with Crippen molar-refractivity contribution in [1.29, 1.82) is 0 Å². The van der Waals surface area contributed by atoms with Crippen molar-refractivity contribution in [3.63, 3.8) is 0 Å². The maximum atomic E-state index is 12.3. The highest BCUT2D eigenvalue weighted by Gasteiger charge is 2.41. The first-order valence-electron chi connectivity index (χ1n) is 9.17. The summed E-state index contributed by atoms with van der Waals surface area (Å²) in [5, 5.41) is 15.8. The number of carboxylic acids is 1.